The highest BCUT2D eigenvalue weighted by molar-refractivity contribution is 5.82. The number of amides is 2. The molecule has 0 aromatic heterocycles. The number of carbonyl (C=O) groups excluding carboxylic acids is 1. The molecule has 1 saturated carbocycles. The van der Waals surface area contributed by atoms with Crippen LogP contribution in [0.4, 0.5) is 4.79 Å². The van der Waals surface area contributed by atoms with Gasteiger partial charge in [0.05, 0.1) is 0 Å². The van der Waals surface area contributed by atoms with E-state index in [0.29, 0.717) is 12.5 Å². The largest absolute Gasteiger partial charge is 0.480 e. The molecule has 0 radical (unpaired) electrons. The first-order valence-corrected chi connectivity index (χ1v) is 5.81. The minimum Gasteiger partial charge on any atom is -0.480 e. The van der Waals surface area contributed by atoms with Crippen LogP contribution in [0, 0.1) is 11.8 Å². The number of hydrogen-bond donors (Lipinski definition) is 3. The van der Waals surface area contributed by atoms with Gasteiger partial charge in [-0.15, -0.1) is 0 Å². The minimum absolute atomic E-state index is 0.0656. The molecule has 2 amide bonds. The zero-order valence-electron chi connectivity index (χ0n) is 9.82. The predicted octanol–water partition coefficient (Wildman–Crippen LogP) is 1.19. The maximum atomic E-state index is 11.4. The fourth-order valence-electron chi connectivity index (χ4n) is 1.43. The molecule has 3 N–H and O–H groups in total. The van der Waals surface area contributed by atoms with Crippen molar-refractivity contribution in [2.24, 2.45) is 11.8 Å². The van der Waals surface area contributed by atoms with E-state index >= 15 is 0 Å². The smallest absolute Gasteiger partial charge is 0.326 e. The van der Waals surface area contributed by atoms with Gasteiger partial charge in [0.25, 0.3) is 0 Å². The van der Waals surface area contributed by atoms with Crippen LogP contribution in [0.15, 0.2) is 0 Å². The summed E-state index contributed by atoms with van der Waals surface area (Å²) >= 11 is 0. The van der Waals surface area contributed by atoms with E-state index in [4.69, 9.17) is 5.11 Å². The standard InChI is InChI=1S/C11H20N2O3/c1-3-7(2)9(10(14)15)13-11(16)12-6-8-4-5-8/h7-9H,3-6H2,1-2H3,(H,14,15)(H2,12,13,16)/t7-,9-/m0/s1. The second-order valence-electron chi connectivity index (χ2n) is 4.50. The van der Waals surface area contributed by atoms with Crippen LogP contribution in [-0.2, 0) is 4.79 Å². The molecule has 1 rings (SSSR count). The highest BCUT2D eigenvalue weighted by Crippen LogP contribution is 2.27. The molecule has 0 aromatic rings. The third-order valence-corrected chi connectivity index (χ3v) is 3.01. The predicted molar refractivity (Wildman–Crippen MR) is 60.1 cm³/mol. The van der Waals surface area contributed by atoms with Gasteiger partial charge >= 0.3 is 12.0 Å². The average Bonchev–Trinajstić information content (AvgIpc) is 3.05. The third-order valence-electron chi connectivity index (χ3n) is 3.01. The Morgan fingerprint density at radius 1 is 1.44 bits per heavy atom. The second kappa shape index (κ2) is 5.72. The summed E-state index contributed by atoms with van der Waals surface area (Å²) in [4.78, 5) is 22.4. The summed E-state index contributed by atoms with van der Waals surface area (Å²) in [5.74, 6) is -0.447. The fourth-order valence-corrected chi connectivity index (χ4v) is 1.43. The second-order valence-corrected chi connectivity index (χ2v) is 4.50. The Labute approximate surface area is 95.6 Å². The molecule has 0 spiro atoms. The molecule has 16 heavy (non-hydrogen) atoms. The molecule has 0 aromatic carbocycles. The summed E-state index contributed by atoms with van der Waals surface area (Å²) in [6.45, 7) is 4.38. The van der Waals surface area contributed by atoms with Crippen LogP contribution in [0.3, 0.4) is 0 Å². The van der Waals surface area contributed by atoms with Crippen molar-refractivity contribution < 1.29 is 14.7 Å². The number of nitrogens with one attached hydrogen (secondary N) is 2. The number of carbonyl (C=O) groups is 2. The van der Waals surface area contributed by atoms with E-state index < -0.39 is 12.0 Å². The normalized spacial score (nSPS) is 18.6. The van der Waals surface area contributed by atoms with Crippen molar-refractivity contribution in [2.45, 2.75) is 39.2 Å². The lowest BCUT2D eigenvalue weighted by Gasteiger charge is -2.20. The van der Waals surface area contributed by atoms with Crippen LogP contribution in [0.5, 0.6) is 0 Å². The number of rotatable bonds is 6. The van der Waals surface area contributed by atoms with Gasteiger partial charge in [-0.1, -0.05) is 20.3 Å². The van der Waals surface area contributed by atoms with Crippen molar-refractivity contribution in [1.29, 1.82) is 0 Å². The van der Waals surface area contributed by atoms with E-state index in [0.717, 1.165) is 19.3 Å². The molecule has 1 aliphatic carbocycles. The maximum Gasteiger partial charge on any atom is 0.326 e. The molecule has 1 aliphatic rings. The monoisotopic (exact) mass is 228 g/mol. The van der Waals surface area contributed by atoms with Gasteiger partial charge in [-0.05, 0) is 24.7 Å². The highest BCUT2D eigenvalue weighted by atomic mass is 16.4. The van der Waals surface area contributed by atoms with Crippen molar-refractivity contribution in [3.05, 3.63) is 0 Å². The van der Waals surface area contributed by atoms with Crippen LogP contribution in [0.25, 0.3) is 0 Å². The quantitative estimate of drug-likeness (QED) is 0.639. The Kier molecular flexibility index (Phi) is 4.58. The number of urea groups is 1. The molecule has 0 unspecified atom stereocenters. The van der Waals surface area contributed by atoms with Crippen molar-refractivity contribution in [1.82, 2.24) is 10.6 Å². The van der Waals surface area contributed by atoms with Gasteiger partial charge in [0.15, 0.2) is 0 Å². The van der Waals surface area contributed by atoms with Gasteiger partial charge in [0, 0.05) is 6.54 Å². The molecule has 92 valence electrons. The van der Waals surface area contributed by atoms with Crippen LogP contribution in [-0.4, -0.2) is 29.7 Å². The summed E-state index contributed by atoms with van der Waals surface area (Å²) in [5, 5.41) is 14.2. The average molecular weight is 228 g/mol. The summed E-state index contributed by atoms with van der Waals surface area (Å²) in [6, 6.07) is -1.18. The zero-order chi connectivity index (χ0) is 12.1. The first-order valence-electron chi connectivity index (χ1n) is 5.81. The summed E-state index contributed by atoms with van der Waals surface area (Å²) in [5.41, 5.74) is 0. The van der Waals surface area contributed by atoms with Crippen LogP contribution in [0.1, 0.15) is 33.1 Å². The Morgan fingerprint density at radius 3 is 2.50 bits per heavy atom. The Bertz CT molecular complexity index is 264. The number of hydrogen-bond acceptors (Lipinski definition) is 2. The molecule has 0 saturated heterocycles. The van der Waals surface area contributed by atoms with Crippen molar-refractivity contribution in [3.63, 3.8) is 0 Å². The maximum absolute atomic E-state index is 11.4. The third kappa shape index (κ3) is 4.08. The Hall–Kier alpha value is -1.26. The first-order chi connectivity index (χ1) is 7.54. The molecule has 1 fully saturated rings. The van der Waals surface area contributed by atoms with Crippen LogP contribution >= 0.6 is 0 Å². The molecule has 0 bridgehead atoms. The molecule has 0 aliphatic heterocycles. The van der Waals surface area contributed by atoms with E-state index in [1.807, 2.05) is 13.8 Å². The SMILES string of the molecule is CC[C@H](C)[C@H](NC(=O)NCC1CC1)C(=O)O. The van der Waals surface area contributed by atoms with E-state index in [2.05, 4.69) is 10.6 Å². The molecular formula is C11H20N2O3. The van der Waals surface area contributed by atoms with Gasteiger partial charge in [-0.2, -0.15) is 0 Å². The summed E-state index contributed by atoms with van der Waals surface area (Å²) in [7, 11) is 0. The lowest BCUT2D eigenvalue weighted by atomic mass is 9.99. The number of carboxylic acids is 1. The van der Waals surface area contributed by atoms with Gasteiger partial charge < -0.3 is 15.7 Å². The number of carboxylic acid groups (broad SMARTS) is 1. The van der Waals surface area contributed by atoms with Crippen molar-refractivity contribution in [2.75, 3.05) is 6.54 Å². The van der Waals surface area contributed by atoms with Crippen LogP contribution in [0.2, 0.25) is 0 Å². The van der Waals surface area contributed by atoms with Gasteiger partial charge in [0.1, 0.15) is 6.04 Å². The zero-order valence-corrected chi connectivity index (χ0v) is 9.82. The molecule has 0 heterocycles. The highest BCUT2D eigenvalue weighted by Gasteiger charge is 2.26. The lowest BCUT2D eigenvalue weighted by Crippen LogP contribution is -2.49. The molecular weight excluding hydrogens is 208 g/mol. The van der Waals surface area contributed by atoms with E-state index in [1.165, 1.54) is 0 Å². The van der Waals surface area contributed by atoms with Gasteiger partial charge in [-0.3, -0.25) is 0 Å². The summed E-state index contributed by atoms with van der Waals surface area (Å²) < 4.78 is 0. The van der Waals surface area contributed by atoms with Gasteiger partial charge in [0.2, 0.25) is 0 Å². The van der Waals surface area contributed by atoms with E-state index in [-0.39, 0.29) is 11.9 Å². The summed E-state index contributed by atoms with van der Waals surface area (Å²) in [6.07, 6.45) is 3.04. The van der Waals surface area contributed by atoms with Crippen molar-refractivity contribution in [3.8, 4) is 0 Å². The molecule has 2 atom stereocenters. The van der Waals surface area contributed by atoms with Crippen molar-refractivity contribution >= 4 is 12.0 Å². The molecule has 5 nitrogen and oxygen atoms in total. The topological polar surface area (TPSA) is 78.4 Å². The minimum atomic E-state index is -0.976. The van der Waals surface area contributed by atoms with Gasteiger partial charge in [-0.25, -0.2) is 9.59 Å². The first kappa shape index (κ1) is 12.8. The Morgan fingerprint density at radius 2 is 2.06 bits per heavy atom. The molecule has 5 heteroatoms. The van der Waals surface area contributed by atoms with Crippen LogP contribution < -0.4 is 10.6 Å². The Balaban J connectivity index is 2.33. The van der Waals surface area contributed by atoms with E-state index in [9.17, 15) is 9.59 Å². The van der Waals surface area contributed by atoms with E-state index in [1.54, 1.807) is 0 Å². The number of aliphatic carboxylic acids is 1. The lowest BCUT2D eigenvalue weighted by molar-refractivity contribution is -0.140. The fraction of sp³-hybridized carbons (Fsp3) is 0.818.